The van der Waals surface area contributed by atoms with Crippen molar-refractivity contribution < 1.29 is 0 Å². The van der Waals surface area contributed by atoms with Crippen LogP contribution in [0.25, 0.3) is 0 Å². The number of anilines is 1. The van der Waals surface area contributed by atoms with Gasteiger partial charge in [0.05, 0.1) is 0 Å². The van der Waals surface area contributed by atoms with Crippen LogP contribution < -0.4 is 5.32 Å². The van der Waals surface area contributed by atoms with E-state index in [1.165, 1.54) is 16.0 Å². The lowest BCUT2D eigenvalue weighted by Gasteiger charge is -2.04. The van der Waals surface area contributed by atoms with E-state index in [1.807, 2.05) is 18.8 Å². The molecule has 0 aliphatic rings. The molecule has 1 N–H and O–H groups in total. The molecule has 0 unspecified atom stereocenters. The van der Waals surface area contributed by atoms with Crippen molar-refractivity contribution in [3.8, 4) is 0 Å². The number of thioether (sulfide) groups is 1. The molecule has 0 radical (unpaired) electrons. The zero-order chi connectivity index (χ0) is 12.1. The Morgan fingerprint density at radius 1 is 0.941 bits per heavy atom. The highest BCUT2D eigenvalue weighted by molar-refractivity contribution is 7.98. The van der Waals surface area contributed by atoms with Gasteiger partial charge in [0.25, 0.3) is 0 Å². The molecule has 0 aliphatic carbocycles. The summed E-state index contributed by atoms with van der Waals surface area (Å²) in [6.07, 6.45) is 0. The van der Waals surface area contributed by atoms with Crippen LogP contribution >= 0.6 is 11.8 Å². The Hall–Kier alpha value is -1.41. The fourth-order valence-electron chi connectivity index (χ4n) is 1.57. The first kappa shape index (κ1) is 12.1. The van der Waals surface area contributed by atoms with Gasteiger partial charge in [-0.3, -0.25) is 0 Å². The minimum Gasteiger partial charge on any atom is -0.388 e. The Morgan fingerprint density at radius 3 is 2.18 bits per heavy atom. The molecule has 0 atom stereocenters. The predicted octanol–water partition coefficient (Wildman–Crippen LogP) is 4.33. The van der Waals surface area contributed by atoms with Crippen LogP contribution in [0.1, 0.15) is 11.1 Å². The summed E-state index contributed by atoms with van der Waals surface area (Å²) in [5.41, 5.74) is 3.85. The summed E-state index contributed by atoms with van der Waals surface area (Å²) in [4.78, 5) is 1.31. The number of benzene rings is 2. The molecule has 2 rings (SSSR count). The van der Waals surface area contributed by atoms with E-state index in [4.69, 9.17) is 0 Å². The Morgan fingerprint density at radius 2 is 1.59 bits per heavy atom. The molecule has 0 amide bonds. The van der Waals surface area contributed by atoms with E-state index in [9.17, 15) is 0 Å². The first-order valence-corrected chi connectivity index (χ1v) is 6.72. The monoisotopic (exact) mass is 243 g/mol. The molecular formula is C15H17NS. The van der Waals surface area contributed by atoms with Gasteiger partial charge >= 0.3 is 0 Å². The average molecular weight is 243 g/mol. The number of aryl methyl sites for hydroxylation is 1. The molecule has 2 aromatic carbocycles. The second-order valence-corrected chi connectivity index (χ2v) is 5.10. The zero-order valence-corrected chi connectivity index (χ0v) is 11.1. The van der Waals surface area contributed by atoms with E-state index in [-0.39, 0.29) is 0 Å². The SMILES string of the molecule is CNc1ccc(SCc2ccc(C)cc2)cc1. The van der Waals surface area contributed by atoms with Gasteiger partial charge in [-0.05, 0) is 36.8 Å². The molecule has 0 heterocycles. The number of hydrogen-bond donors (Lipinski definition) is 1. The van der Waals surface area contributed by atoms with Gasteiger partial charge in [-0.15, -0.1) is 11.8 Å². The highest BCUT2D eigenvalue weighted by atomic mass is 32.2. The molecule has 0 bridgehead atoms. The van der Waals surface area contributed by atoms with Gasteiger partial charge in [-0.2, -0.15) is 0 Å². The molecule has 2 heteroatoms. The van der Waals surface area contributed by atoms with Crippen LogP contribution in [0.2, 0.25) is 0 Å². The van der Waals surface area contributed by atoms with Crippen LogP contribution in [0.15, 0.2) is 53.4 Å². The minimum atomic E-state index is 1.03. The third-order valence-corrected chi connectivity index (χ3v) is 3.75. The van der Waals surface area contributed by atoms with Crippen LogP contribution in [0.4, 0.5) is 5.69 Å². The largest absolute Gasteiger partial charge is 0.388 e. The zero-order valence-electron chi connectivity index (χ0n) is 10.2. The summed E-state index contributed by atoms with van der Waals surface area (Å²) >= 11 is 1.87. The van der Waals surface area contributed by atoms with Crippen LogP contribution in [0, 0.1) is 6.92 Å². The van der Waals surface area contributed by atoms with E-state index in [1.54, 1.807) is 0 Å². The summed E-state index contributed by atoms with van der Waals surface area (Å²) in [6.45, 7) is 2.12. The second-order valence-electron chi connectivity index (χ2n) is 4.05. The van der Waals surface area contributed by atoms with Gasteiger partial charge < -0.3 is 5.32 Å². The van der Waals surface area contributed by atoms with E-state index >= 15 is 0 Å². The maximum absolute atomic E-state index is 3.12. The maximum Gasteiger partial charge on any atom is 0.0338 e. The van der Waals surface area contributed by atoms with Gasteiger partial charge in [-0.25, -0.2) is 0 Å². The summed E-state index contributed by atoms with van der Waals surface area (Å²) in [6, 6.07) is 17.3. The van der Waals surface area contributed by atoms with Gasteiger partial charge in [-0.1, -0.05) is 29.8 Å². The predicted molar refractivity (Wildman–Crippen MR) is 76.7 cm³/mol. The van der Waals surface area contributed by atoms with Crippen molar-refractivity contribution in [1.82, 2.24) is 0 Å². The molecule has 0 aromatic heterocycles. The van der Waals surface area contributed by atoms with E-state index in [2.05, 4.69) is 60.8 Å². The number of nitrogens with one attached hydrogen (secondary N) is 1. The molecule has 0 spiro atoms. The Kier molecular flexibility index (Phi) is 4.10. The second kappa shape index (κ2) is 5.78. The van der Waals surface area contributed by atoms with E-state index < -0.39 is 0 Å². The highest BCUT2D eigenvalue weighted by Gasteiger charge is 1.96. The lowest BCUT2D eigenvalue weighted by atomic mass is 10.2. The summed E-state index contributed by atoms with van der Waals surface area (Å²) in [5, 5.41) is 3.12. The van der Waals surface area contributed by atoms with Crippen LogP contribution in [0.3, 0.4) is 0 Å². The topological polar surface area (TPSA) is 12.0 Å². The van der Waals surface area contributed by atoms with Crippen molar-refractivity contribution in [3.05, 3.63) is 59.7 Å². The van der Waals surface area contributed by atoms with E-state index in [0.29, 0.717) is 0 Å². The van der Waals surface area contributed by atoms with Crippen molar-refractivity contribution in [3.63, 3.8) is 0 Å². The molecule has 0 fully saturated rings. The molecule has 0 saturated heterocycles. The molecule has 0 aliphatic heterocycles. The number of rotatable bonds is 4. The standard InChI is InChI=1S/C15H17NS/c1-12-3-5-13(6-4-12)11-17-15-9-7-14(16-2)8-10-15/h3-10,16H,11H2,1-2H3. The smallest absolute Gasteiger partial charge is 0.0338 e. The normalized spacial score (nSPS) is 10.2. The minimum absolute atomic E-state index is 1.03. The Balaban J connectivity index is 1.95. The molecular weight excluding hydrogens is 226 g/mol. The van der Waals surface area contributed by atoms with Crippen LogP contribution in [-0.4, -0.2) is 7.05 Å². The van der Waals surface area contributed by atoms with Crippen molar-refractivity contribution in [2.24, 2.45) is 0 Å². The lowest BCUT2D eigenvalue weighted by Crippen LogP contribution is -1.86. The van der Waals surface area contributed by atoms with Gasteiger partial charge in [0.2, 0.25) is 0 Å². The van der Waals surface area contributed by atoms with Crippen LogP contribution in [-0.2, 0) is 5.75 Å². The molecule has 88 valence electrons. The Bertz CT molecular complexity index is 459. The van der Waals surface area contributed by atoms with Crippen molar-refractivity contribution >= 4 is 17.4 Å². The highest BCUT2D eigenvalue weighted by Crippen LogP contribution is 2.24. The lowest BCUT2D eigenvalue weighted by molar-refractivity contribution is 1.35. The summed E-state index contributed by atoms with van der Waals surface area (Å²) < 4.78 is 0. The molecule has 2 aromatic rings. The van der Waals surface area contributed by atoms with Crippen molar-refractivity contribution in [2.75, 3.05) is 12.4 Å². The van der Waals surface area contributed by atoms with Crippen LogP contribution in [0.5, 0.6) is 0 Å². The summed E-state index contributed by atoms with van der Waals surface area (Å²) in [7, 11) is 1.94. The van der Waals surface area contributed by atoms with Crippen molar-refractivity contribution in [1.29, 1.82) is 0 Å². The number of hydrogen-bond acceptors (Lipinski definition) is 2. The fraction of sp³-hybridized carbons (Fsp3) is 0.200. The van der Waals surface area contributed by atoms with Gasteiger partial charge in [0, 0.05) is 23.4 Å². The average Bonchev–Trinajstić information content (AvgIpc) is 2.39. The van der Waals surface area contributed by atoms with Crippen molar-refractivity contribution in [2.45, 2.75) is 17.6 Å². The maximum atomic E-state index is 3.12. The first-order chi connectivity index (χ1) is 8.28. The fourth-order valence-corrected chi connectivity index (χ4v) is 2.42. The molecule has 17 heavy (non-hydrogen) atoms. The first-order valence-electron chi connectivity index (χ1n) is 5.74. The summed E-state index contributed by atoms with van der Waals surface area (Å²) in [5.74, 6) is 1.03. The third-order valence-electron chi connectivity index (χ3n) is 2.67. The quantitative estimate of drug-likeness (QED) is 0.802. The van der Waals surface area contributed by atoms with E-state index in [0.717, 1.165) is 11.4 Å². The van der Waals surface area contributed by atoms with Gasteiger partial charge in [0.1, 0.15) is 0 Å². The molecule has 0 saturated carbocycles. The molecule has 1 nitrogen and oxygen atoms in total. The van der Waals surface area contributed by atoms with Gasteiger partial charge in [0.15, 0.2) is 0 Å². The third kappa shape index (κ3) is 3.53. The Labute approximate surface area is 107 Å².